The van der Waals surface area contributed by atoms with Crippen LogP contribution in [-0.2, 0) is 11.3 Å². The second-order valence-corrected chi connectivity index (χ2v) is 5.64. The smallest absolute Gasteiger partial charge is 0.408 e. The molecule has 0 saturated heterocycles. The molecule has 124 valence electrons. The topological polar surface area (TPSA) is 55.5 Å². The van der Waals surface area contributed by atoms with Crippen molar-refractivity contribution in [3.8, 4) is 0 Å². The standard InChI is InChI=1S/C15H15F3N2O3/c16-15(17,18)9-20(10-4-3-5-10)13(21)8-19-11-6-1-2-7-12(11)23-14(19)22/h1-2,6-7,10H,3-5,8-9H2. The van der Waals surface area contributed by atoms with Crippen LogP contribution in [0.4, 0.5) is 13.2 Å². The maximum Gasteiger partial charge on any atom is 0.420 e. The number of fused-ring (bicyclic) bond motifs is 1. The molecule has 1 aliphatic carbocycles. The molecule has 1 aromatic heterocycles. The monoisotopic (exact) mass is 328 g/mol. The third-order valence-electron chi connectivity index (χ3n) is 4.05. The predicted molar refractivity (Wildman–Crippen MR) is 75.9 cm³/mol. The van der Waals surface area contributed by atoms with Gasteiger partial charge < -0.3 is 9.32 Å². The van der Waals surface area contributed by atoms with Gasteiger partial charge in [-0.2, -0.15) is 13.2 Å². The zero-order valence-corrected chi connectivity index (χ0v) is 12.2. The SMILES string of the molecule is O=C(Cn1c(=O)oc2ccccc21)N(CC(F)(F)F)C1CCC1. The highest BCUT2D eigenvalue weighted by Crippen LogP contribution is 2.28. The van der Waals surface area contributed by atoms with E-state index in [0.717, 1.165) is 15.9 Å². The quantitative estimate of drug-likeness (QED) is 0.867. The molecule has 1 heterocycles. The van der Waals surface area contributed by atoms with Gasteiger partial charge in [-0.05, 0) is 31.4 Å². The summed E-state index contributed by atoms with van der Waals surface area (Å²) in [4.78, 5) is 25.0. The number of amides is 1. The van der Waals surface area contributed by atoms with Gasteiger partial charge in [0.05, 0.1) is 5.52 Å². The van der Waals surface area contributed by atoms with E-state index >= 15 is 0 Å². The van der Waals surface area contributed by atoms with E-state index in [1.165, 1.54) is 0 Å². The number of alkyl halides is 3. The first-order chi connectivity index (χ1) is 10.8. The lowest BCUT2D eigenvalue weighted by molar-refractivity contribution is -0.169. The van der Waals surface area contributed by atoms with Crippen LogP contribution in [0.3, 0.4) is 0 Å². The minimum Gasteiger partial charge on any atom is -0.408 e. The molecular weight excluding hydrogens is 313 g/mol. The lowest BCUT2D eigenvalue weighted by Gasteiger charge is -2.38. The molecule has 0 atom stereocenters. The molecule has 1 aromatic carbocycles. The van der Waals surface area contributed by atoms with Crippen molar-refractivity contribution in [3.63, 3.8) is 0 Å². The maximum absolute atomic E-state index is 12.7. The highest BCUT2D eigenvalue weighted by molar-refractivity contribution is 5.80. The Hall–Kier alpha value is -2.25. The number of oxazole rings is 1. The lowest BCUT2D eigenvalue weighted by atomic mass is 9.91. The van der Waals surface area contributed by atoms with E-state index < -0.39 is 37.0 Å². The summed E-state index contributed by atoms with van der Waals surface area (Å²) in [6, 6.07) is 6.08. The van der Waals surface area contributed by atoms with Crippen molar-refractivity contribution in [1.29, 1.82) is 0 Å². The van der Waals surface area contributed by atoms with Gasteiger partial charge in [-0.25, -0.2) is 4.79 Å². The molecule has 0 unspecified atom stereocenters. The van der Waals surface area contributed by atoms with E-state index in [0.29, 0.717) is 23.9 Å². The fourth-order valence-corrected chi connectivity index (χ4v) is 2.70. The van der Waals surface area contributed by atoms with E-state index in [1.54, 1.807) is 24.3 Å². The molecule has 0 N–H and O–H groups in total. The van der Waals surface area contributed by atoms with Gasteiger partial charge in [0.2, 0.25) is 5.91 Å². The number of carbonyl (C=O) groups excluding carboxylic acids is 1. The molecule has 1 aliphatic rings. The maximum atomic E-state index is 12.7. The Balaban J connectivity index is 1.85. The Morgan fingerprint density at radius 3 is 2.61 bits per heavy atom. The summed E-state index contributed by atoms with van der Waals surface area (Å²) in [5.41, 5.74) is 0.697. The van der Waals surface area contributed by atoms with Gasteiger partial charge in [-0.15, -0.1) is 0 Å². The molecule has 1 fully saturated rings. The minimum absolute atomic E-state index is 0.302. The van der Waals surface area contributed by atoms with Crippen LogP contribution in [0.2, 0.25) is 0 Å². The van der Waals surface area contributed by atoms with Crippen LogP contribution in [0.15, 0.2) is 33.5 Å². The van der Waals surface area contributed by atoms with Crippen LogP contribution >= 0.6 is 0 Å². The lowest BCUT2D eigenvalue weighted by Crippen LogP contribution is -2.50. The van der Waals surface area contributed by atoms with Crippen molar-refractivity contribution in [2.75, 3.05) is 6.54 Å². The Morgan fingerprint density at radius 2 is 2.00 bits per heavy atom. The van der Waals surface area contributed by atoms with Crippen LogP contribution in [-0.4, -0.2) is 34.1 Å². The van der Waals surface area contributed by atoms with Crippen molar-refractivity contribution in [1.82, 2.24) is 9.47 Å². The largest absolute Gasteiger partial charge is 0.420 e. The third-order valence-corrected chi connectivity index (χ3v) is 4.05. The van der Waals surface area contributed by atoms with E-state index in [-0.39, 0.29) is 0 Å². The fourth-order valence-electron chi connectivity index (χ4n) is 2.70. The van der Waals surface area contributed by atoms with E-state index in [1.807, 2.05) is 0 Å². The first kappa shape index (κ1) is 15.6. The molecule has 1 amide bonds. The summed E-state index contributed by atoms with van der Waals surface area (Å²) in [6.45, 7) is -1.75. The van der Waals surface area contributed by atoms with Crippen molar-refractivity contribution < 1.29 is 22.4 Å². The number of hydrogen-bond donors (Lipinski definition) is 0. The summed E-state index contributed by atoms with van der Waals surface area (Å²) in [5.74, 6) is -1.47. The van der Waals surface area contributed by atoms with Gasteiger partial charge in [-0.1, -0.05) is 12.1 Å². The normalized spacial score (nSPS) is 15.6. The number of para-hydroxylation sites is 2. The minimum atomic E-state index is -4.46. The predicted octanol–water partition coefficient (Wildman–Crippen LogP) is 2.54. The van der Waals surface area contributed by atoms with Crippen molar-refractivity contribution >= 4 is 17.0 Å². The molecule has 0 radical (unpaired) electrons. The van der Waals surface area contributed by atoms with Crippen molar-refractivity contribution in [2.45, 2.75) is 38.0 Å². The molecule has 3 rings (SSSR count). The summed E-state index contributed by atoms with van der Waals surface area (Å²) >= 11 is 0. The number of aromatic nitrogens is 1. The summed E-state index contributed by atoms with van der Waals surface area (Å²) in [5, 5.41) is 0. The highest BCUT2D eigenvalue weighted by atomic mass is 19.4. The Labute approximate surface area is 129 Å². The molecule has 23 heavy (non-hydrogen) atoms. The molecule has 2 aromatic rings. The number of halogens is 3. The Kier molecular flexibility index (Phi) is 3.91. The second kappa shape index (κ2) is 5.75. The van der Waals surface area contributed by atoms with E-state index in [9.17, 15) is 22.8 Å². The zero-order chi connectivity index (χ0) is 16.6. The van der Waals surface area contributed by atoms with Crippen LogP contribution in [0.5, 0.6) is 0 Å². The number of benzene rings is 1. The number of nitrogens with zero attached hydrogens (tertiary/aromatic N) is 2. The molecule has 0 spiro atoms. The molecule has 0 bridgehead atoms. The zero-order valence-electron chi connectivity index (χ0n) is 12.2. The molecule has 8 heteroatoms. The van der Waals surface area contributed by atoms with Gasteiger partial charge in [0.15, 0.2) is 5.58 Å². The second-order valence-electron chi connectivity index (χ2n) is 5.64. The first-order valence-corrected chi connectivity index (χ1v) is 7.30. The van der Waals surface area contributed by atoms with Gasteiger partial charge in [0, 0.05) is 6.04 Å². The average molecular weight is 328 g/mol. The van der Waals surface area contributed by atoms with E-state index in [2.05, 4.69) is 0 Å². The third kappa shape index (κ3) is 3.25. The van der Waals surface area contributed by atoms with Gasteiger partial charge in [0.1, 0.15) is 13.1 Å². The number of carbonyl (C=O) groups is 1. The summed E-state index contributed by atoms with van der Waals surface area (Å²) in [6.07, 6.45) is -2.54. The highest BCUT2D eigenvalue weighted by Gasteiger charge is 2.38. The number of hydrogen-bond acceptors (Lipinski definition) is 3. The molecule has 0 aliphatic heterocycles. The van der Waals surface area contributed by atoms with Gasteiger partial charge >= 0.3 is 11.9 Å². The van der Waals surface area contributed by atoms with Crippen molar-refractivity contribution in [3.05, 3.63) is 34.8 Å². The fraction of sp³-hybridized carbons (Fsp3) is 0.467. The van der Waals surface area contributed by atoms with Gasteiger partial charge in [0.25, 0.3) is 0 Å². The summed E-state index contributed by atoms with van der Waals surface area (Å²) < 4.78 is 44.2. The van der Waals surface area contributed by atoms with E-state index in [4.69, 9.17) is 4.42 Å². The summed E-state index contributed by atoms with van der Waals surface area (Å²) in [7, 11) is 0. The Morgan fingerprint density at radius 1 is 1.30 bits per heavy atom. The van der Waals surface area contributed by atoms with Crippen molar-refractivity contribution in [2.24, 2.45) is 0 Å². The van der Waals surface area contributed by atoms with Crippen LogP contribution in [0.1, 0.15) is 19.3 Å². The van der Waals surface area contributed by atoms with Gasteiger partial charge in [-0.3, -0.25) is 9.36 Å². The molecule has 5 nitrogen and oxygen atoms in total. The van der Waals surface area contributed by atoms with Crippen LogP contribution in [0.25, 0.3) is 11.1 Å². The molecule has 1 saturated carbocycles. The van der Waals surface area contributed by atoms with Crippen LogP contribution < -0.4 is 5.76 Å². The number of rotatable bonds is 4. The molecular formula is C15H15F3N2O3. The Bertz CT molecular complexity index is 774. The average Bonchev–Trinajstić information content (AvgIpc) is 2.71. The first-order valence-electron chi connectivity index (χ1n) is 7.30. The van der Waals surface area contributed by atoms with Crippen LogP contribution in [0, 0.1) is 0 Å².